The van der Waals surface area contributed by atoms with Crippen molar-refractivity contribution in [2.75, 3.05) is 0 Å². The Morgan fingerprint density at radius 2 is 2.14 bits per heavy atom. The molecule has 74 valence electrons. The van der Waals surface area contributed by atoms with Gasteiger partial charge in [0, 0.05) is 6.54 Å². The number of fused-ring (bicyclic) bond motifs is 1. The number of hydrogen-bond acceptors (Lipinski definition) is 3. The van der Waals surface area contributed by atoms with Crippen molar-refractivity contribution >= 4 is 29.1 Å². The summed E-state index contributed by atoms with van der Waals surface area (Å²) in [7, 11) is 0. The first-order chi connectivity index (χ1) is 6.33. The van der Waals surface area contributed by atoms with Crippen LogP contribution in [-0.2, 0) is 16.1 Å². The molecule has 1 aliphatic rings. The van der Waals surface area contributed by atoms with Crippen LogP contribution in [0.15, 0.2) is 24.3 Å². The van der Waals surface area contributed by atoms with E-state index in [4.69, 9.17) is 0 Å². The summed E-state index contributed by atoms with van der Waals surface area (Å²) in [4.78, 5) is 21.5. The predicted octanol–water partition coefficient (Wildman–Crippen LogP) is 1.18. The van der Waals surface area contributed by atoms with E-state index in [1.165, 1.54) is 0 Å². The molecular formula is C10H10BrNO2. The van der Waals surface area contributed by atoms with Crippen LogP contribution in [0.2, 0.25) is 0 Å². The molecule has 0 radical (unpaired) electrons. The van der Waals surface area contributed by atoms with Gasteiger partial charge in [-0.3, -0.25) is 14.9 Å². The number of halogens is 1. The van der Waals surface area contributed by atoms with Gasteiger partial charge in [-0.15, -0.1) is 17.0 Å². The van der Waals surface area contributed by atoms with Crippen molar-refractivity contribution in [2.45, 2.75) is 12.6 Å². The third-order valence-corrected chi connectivity index (χ3v) is 2.26. The molecular weight excluding hydrogens is 246 g/mol. The minimum atomic E-state index is -0.423. The SMILES string of the molecule is Br.O=CC(=O)C1NCc2ccccc21. The van der Waals surface area contributed by atoms with Crippen molar-refractivity contribution in [1.82, 2.24) is 5.32 Å². The van der Waals surface area contributed by atoms with Gasteiger partial charge in [0.05, 0.1) is 6.04 Å². The Bertz CT molecular complexity index is 365. The summed E-state index contributed by atoms with van der Waals surface area (Å²) >= 11 is 0. The maximum Gasteiger partial charge on any atom is 0.216 e. The normalized spacial score (nSPS) is 18.1. The number of ketones is 1. The molecule has 2 rings (SSSR count). The summed E-state index contributed by atoms with van der Waals surface area (Å²) < 4.78 is 0. The van der Waals surface area contributed by atoms with Crippen LogP contribution < -0.4 is 5.32 Å². The first-order valence-electron chi connectivity index (χ1n) is 4.13. The van der Waals surface area contributed by atoms with Gasteiger partial charge in [-0.2, -0.15) is 0 Å². The number of Topliss-reactive ketones (excluding diaryl/α,β-unsaturated/α-hetero) is 1. The number of carbonyl (C=O) groups is 2. The molecule has 0 aliphatic carbocycles. The van der Waals surface area contributed by atoms with Crippen molar-refractivity contribution in [1.29, 1.82) is 0 Å². The van der Waals surface area contributed by atoms with Gasteiger partial charge in [0.15, 0.2) is 6.29 Å². The molecule has 1 unspecified atom stereocenters. The standard InChI is InChI=1S/C10H9NO2.BrH/c12-6-9(13)10-8-4-2-1-3-7(8)5-11-10;/h1-4,6,10-11H,5H2;1H. The Balaban J connectivity index is 0.000000980. The molecule has 1 aromatic rings. The first kappa shape index (κ1) is 11.1. The lowest BCUT2D eigenvalue weighted by Crippen LogP contribution is -2.22. The van der Waals surface area contributed by atoms with E-state index < -0.39 is 11.8 Å². The van der Waals surface area contributed by atoms with E-state index in [9.17, 15) is 9.59 Å². The maximum atomic E-state index is 11.1. The minimum Gasteiger partial charge on any atom is -0.299 e. The van der Waals surface area contributed by atoms with E-state index in [0.29, 0.717) is 12.8 Å². The highest BCUT2D eigenvalue weighted by Crippen LogP contribution is 2.24. The highest BCUT2D eigenvalue weighted by Gasteiger charge is 2.26. The molecule has 1 N–H and O–H groups in total. The molecule has 0 fully saturated rings. The van der Waals surface area contributed by atoms with Gasteiger partial charge < -0.3 is 0 Å². The fourth-order valence-electron chi connectivity index (χ4n) is 1.62. The third-order valence-electron chi connectivity index (χ3n) is 2.26. The predicted molar refractivity (Wildman–Crippen MR) is 57.4 cm³/mol. The molecule has 1 heterocycles. The molecule has 1 aliphatic heterocycles. The monoisotopic (exact) mass is 255 g/mol. The number of nitrogens with one attached hydrogen (secondary N) is 1. The first-order valence-corrected chi connectivity index (χ1v) is 4.13. The summed E-state index contributed by atoms with van der Waals surface area (Å²) in [6.45, 7) is 0.667. The van der Waals surface area contributed by atoms with Crippen LogP contribution in [-0.4, -0.2) is 12.1 Å². The average Bonchev–Trinajstić information content (AvgIpc) is 2.60. The number of rotatable bonds is 2. The van der Waals surface area contributed by atoms with E-state index in [1.807, 2.05) is 24.3 Å². The molecule has 1 atom stereocenters. The number of hydrogen-bond donors (Lipinski definition) is 1. The molecule has 0 saturated heterocycles. The minimum absolute atomic E-state index is 0. The molecule has 0 amide bonds. The Kier molecular flexibility index (Phi) is 3.55. The van der Waals surface area contributed by atoms with E-state index in [0.717, 1.165) is 11.1 Å². The van der Waals surface area contributed by atoms with Crippen molar-refractivity contribution in [3.8, 4) is 0 Å². The van der Waals surface area contributed by atoms with Gasteiger partial charge in [0.25, 0.3) is 0 Å². The number of aldehydes is 1. The molecule has 3 nitrogen and oxygen atoms in total. The van der Waals surface area contributed by atoms with Crippen molar-refractivity contribution in [3.63, 3.8) is 0 Å². The molecule has 0 aromatic heterocycles. The van der Waals surface area contributed by atoms with Crippen LogP contribution in [0.4, 0.5) is 0 Å². The van der Waals surface area contributed by atoms with Gasteiger partial charge in [-0.05, 0) is 11.1 Å². The van der Waals surface area contributed by atoms with E-state index in [2.05, 4.69) is 5.32 Å². The van der Waals surface area contributed by atoms with E-state index in [1.54, 1.807) is 0 Å². The summed E-state index contributed by atoms with van der Waals surface area (Å²) in [6.07, 6.45) is 0.375. The van der Waals surface area contributed by atoms with Gasteiger partial charge >= 0.3 is 0 Å². The van der Waals surface area contributed by atoms with Crippen molar-refractivity contribution < 1.29 is 9.59 Å². The fraction of sp³-hybridized carbons (Fsp3) is 0.200. The van der Waals surface area contributed by atoms with Crippen LogP contribution in [0.3, 0.4) is 0 Å². The maximum absolute atomic E-state index is 11.1. The molecule has 1 aromatic carbocycles. The molecule has 0 spiro atoms. The number of carbonyl (C=O) groups excluding carboxylic acids is 2. The zero-order valence-electron chi connectivity index (χ0n) is 7.40. The Hall–Kier alpha value is -1.00. The van der Waals surface area contributed by atoms with Crippen LogP contribution in [0.25, 0.3) is 0 Å². The van der Waals surface area contributed by atoms with Gasteiger partial charge in [-0.1, -0.05) is 24.3 Å². The smallest absolute Gasteiger partial charge is 0.216 e. The second kappa shape index (κ2) is 4.48. The summed E-state index contributed by atoms with van der Waals surface area (Å²) in [6, 6.07) is 7.21. The van der Waals surface area contributed by atoms with E-state index in [-0.39, 0.29) is 17.0 Å². The lowest BCUT2D eigenvalue weighted by molar-refractivity contribution is -0.131. The second-order valence-corrected chi connectivity index (χ2v) is 3.03. The van der Waals surface area contributed by atoms with Crippen molar-refractivity contribution in [2.24, 2.45) is 0 Å². The van der Waals surface area contributed by atoms with E-state index >= 15 is 0 Å². The Labute approximate surface area is 92.3 Å². The zero-order chi connectivity index (χ0) is 9.26. The van der Waals surface area contributed by atoms with Crippen LogP contribution in [0, 0.1) is 0 Å². The Morgan fingerprint density at radius 1 is 1.43 bits per heavy atom. The quantitative estimate of drug-likeness (QED) is 0.638. The second-order valence-electron chi connectivity index (χ2n) is 3.03. The zero-order valence-corrected chi connectivity index (χ0v) is 9.11. The van der Waals surface area contributed by atoms with Crippen LogP contribution in [0.1, 0.15) is 17.2 Å². The van der Waals surface area contributed by atoms with Crippen LogP contribution >= 0.6 is 17.0 Å². The highest BCUT2D eigenvalue weighted by molar-refractivity contribution is 8.93. The Morgan fingerprint density at radius 3 is 2.86 bits per heavy atom. The molecule has 0 saturated carbocycles. The molecule has 0 bridgehead atoms. The summed E-state index contributed by atoms with van der Waals surface area (Å²) in [5.41, 5.74) is 2.03. The van der Waals surface area contributed by atoms with Gasteiger partial charge in [-0.25, -0.2) is 0 Å². The van der Waals surface area contributed by atoms with Gasteiger partial charge in [0.2, 0.25) is 5.78 Å². The van der Waals surface area contributed by atoms with Gasteiger partial charge in [0.1, 0.15) is 0 Å². The summed E-state index contributed by atoms with van der Waals surface area (Å²) in [5.74, 6) is -0.398. The molecule has 4 heteroatoms. The lowest BCUT2D eigenvalue weighted by atomic mass is 10.0. The lowest BCUT2D eigenvalue weighted by Gasteiger charge is -2.05. The average molecular weight is 256 g/mol. The van der Waals surface area contributed by atoms with Crippen molar-refractivity contribution in [3.05, 3.63) is 35.4 Å². The third kappa shape index (κ3) is 1.76. The highest BCUT2D eigenvalue weighted by atomic mass is 79.9. The number of benzene rings is 1. The fourth-order valence-corrected chi connectivity index (χ4v) is 1.62. The topological polar surface area (TPSA) is 46.2 Å². The largest absolute Gasteiger partial charge is 0.299 e. The molecule has 14 heavy (non-hydrogen) atoms. The van der Waals surface area contributed by atoms with Crippen LogP contribution in [0.5, 0.6) is 0 Å². The summed E-state index contributed by atoms with van der Waals surface area (Å²) in [5, 5.41) is 2.99.